The molecule has 2 aromatic carbocycles. The minimum atomic E-state index is -0.0691. The molecular weight excluding hydrogens is 284 g/mol. The van der Waals surface area contributed by atoms with Gasteiger partial charge in [-0.25, -0.2) is 0 Å². The predicted octanol–water partition coefficient (Wildman–Crippen LogP) is 5.28. The minimum absolute atomic E-state index is 0.0691. The summed E-state index contributed by atoms with van der Waals surface area (Å²) in [6, 6.07) is 11.3. The van der Waals surface area contributed by atoms with Crippen molar-refractivity contribution in [3.8, 4) is 11.5 Å². The van der Waals surface area contributed by atoms with Gasteiger partial charge in [0.15, 0.2) is 0 Å². The average Bonchev–Trinajstić information content (AvgIpc) is 2.40. The van der Waals surface area contributed by atoms with Gasteiger partial charge in [0, 0.05) is 17.5 Å². The van der Waals surface area contributed by atoms with Gasteiger partial charge in [0.05, 0.1) is 0 Å². The van der Waals surface area contributed by atoms with Gasteiger partial charge in [-0.3, -0.25) is 0 Å². The van der Waals surface area contributed by atoms with E-state index in [9.17, 15) is 10.2 Å². The molecule has 0 saturated heterocycles. The molecular formula is C21H28O2. The van der Waals surface area contributed by atoms with Crippen LogP contribution in [0.5, 0.6) is 11.5 Å². The summed E-state index contributed by atoms with van der Waals surface area (Å²) in [5, 5.41) is 20.8. The highest BCUT2D eigenvalue weighted by atomic mass is 16.3. The average molecular weight is 312 g/mol. The molecule has 2 nitrogen and oxygen atoms in total. The molecule has 0 aliphatic carbocycles. The van der Waals surface area contributed by atoms with Crippen LogP contribution in [0.1, 0.15) is 63.8 Å². The first-order valence-corrected chi connectivity index (χ1v) is 8.14. The summed E-state index contributed by atoms with van der Waals surface area (Å²) in [7, 11) is 0. The van der Waals surface area contributed by atoms with E-state index >= 15 is 0 Å². The molecule has 0 unspecified atom stereocenters. The van der Waals surface area contributed by atoms with Crippen molar-refractivity contribution in [3.05, 3.63) is 58.7 Å². The zero-order valence-corrected chi connectivity index (χ0v) is 15.1. The molecule has 124 valence electrons. The van der Waals surface area contributed by atoms with Crippen molar-refractivity contribution in [2.24, 2.45) is 0 Å². The first kappa shape index (κ1) is 17.4. The Morgan fingerprint density at radius 2 is 1.00 bits per heavy atom. The fraction of sp³-hybridized carbons (Fsp3) is 0.429. The van der Waals surface area contributed by atoms with Crippen LogP contribution in [0.2, 0.25) is 0 Å². The lowest BCUT2D eigenvalue weighted by Gasteiger charge is -2.27. The van der Waals surface area contributed by atoms with Gasteiger partial charge < -0.3 is 10.2 Å². The Labute approximate surface area is 139 Å². The number of phenols is 2. The van der Waals surface area contributed by atoms with Crippen molar-refractivity contribution in [1.82, 2.24) is 0 Å². The van der Waals surface area contributed by atoms with E-state index in [1.165, 1.54) is 0 Å². The zero-order chi connectivity index (χ0) is 17.4. The topological polar surface area (TPSA) is 40.5 Å². The molecule has 2 aromatic rings. The molecule has 0 fully saturated rings. The van der Waals surface area contributed by atoms with E-state index in [2.05, 4.69) is 53.7 Å². The molecule has 0 saturated carbocycles. The molecule has 0 aliphatic heterocycles. The Kier molecular flexibility index (Phi) is 4.48. The van der Waals surface area contributed by atoms with Crippen LogP contribution in [0.15, 0.2) is 36.4 Å². The summed E-state index contributed by atoms with van der Waals surface area (Å²) >= 11 is 0. The third-order valence-electron chi connectivity index (χ3n) is 4.27. The Bertz CT molecular complexity index is 639. The maximum Gasteiger partial charge on any atom is 0.119 e. The summed E-state index contributed by atoms with van der Waals surface area (Å²) in [4.78, 5) is 0. The predicted molar refractivity (Wildman–Crippen MR) is 96.4 cm³/mol. The van der Waals surface area contributed by atoms with Crippen LogP contribution in [0.25, 0.3) is 0 Å². The molecule has 23 heavy (non-hydrogen) atoms. The molecule has 0 aliphatic rings. The highest BCUT2D eigenvalue weighted by molar-refractivity contribution is 5.51. The van der Waals surface area contributed by atoms with Crippen molar-refractivity contribution in [3.63, 3.8) is 0 Å². The van der Waals surface area contributed by atoms with Crippen LogP contribution >= 0.6 is 0 Å². The van der Waals surface area contributed by atoms with Crippen LogP contribution in [-0.4, -0.2) is 10.2 Å². The Morgan fingerprint density at radius 3 is 1.30 bits per heavy atom. The molecule has 0 bridgehead atoms. The number of rotatable bonds is 2. The number of hydrogen-bond donors (Lipinski definition) is 2. The van der Waals surface area contributed by atoms with Gasteiger partial charge >= 0.3 is 0 Å². The van der Waals surface area contributed by atoms with E-state index in [0.29, 0.717) is 17.9 Å². The maximum absolute atomic E-state index is 10.4. The first-order valence-electron chi connectivity index (χ1n) is 8.14. The summed E-state index contributed by atoms with van der Waals surface area (Å²) in [5.74, 6) is 0.584. The summed E-state index contributed by atoms with van der Waals surface area (Å²) in [5.41, 5.74) is 3.88. The van der Waals surface area contributed by atoms with E-state index in [0.717, 1.165) is 22.3 Å². The SMILES string of the molecule is CC(C)(C)c1cccc(O)c1Cc1c(O)cccc1C(C)(C)C. The van der Waals surface area contributed by atoms with Gasteiger partial charge in [0.25, 0.3) is 0 Å². The lowest BCUT2D eigenvalue weighted by molar-refractivity contribution is 0.454. The third kappa shape index (κ3) is 3.69. The van der Waals surface area contributed by atoms with Crippen LogP contribution in [0, 0.1) is 0 Å². The van der Waals surface area contributed by atoms with Gasteiger partial charge in [-0.05, 0) is 34.1 Å². The largest absolute Gasteiger partial charge is 0.508 e. The van der Waals surface area contributed by atoms with Crippen LogP contribution in [0.3, 0.4) is 0 Å². The van der Waals surface area contributed by atoms with Gasteiger partial charge in [0.2, 0.25) is 0 Å². The lowest BCUT2D eigenvalue weighted by atomic mass is 9.78. The highest BCUT2D eigenvalue weighted by Crippen LogP contribution is 2.38. The lowest BCUT2D eigenvalue weighted by Crippen LogP contribution is -2.17. The van der Waals surface area contributed by atoms with E-state index in [4.69, 9.17) is 0 Å². The quantitative estimate of drug-likeness (QED) is 0.791. The monoisotopic (exact) mass is 312 g/mol. The molecule has 0 spiro atoms. The number of benzene rings is 2. The standard InChI is InChI=1S/C21H28O2/c1-20(2,3)16-9-7-11-18(22)14(16)13-15-17(21(4,5)6)10-8-12-19(15)23/h7-12,22-23H,13H2,1-6H3. The molecule has 0 radical (unpaired) electrons. The summed E-state index contributed by atoms with van der Waals surface area (Å²) < 4.78 is 0. The normalized spacial score (nSPS) is 12.4. The van der Waals surface area contributed by atoms with E-state index in [1.807, 2.05) is 12.1 Å². The minimum Gasteiger partial charge on any atom is -0.508 e. The summed E-state index contributed by atoms with van der Waals surface area (Å²) in [6.45, 7) is 12.8. The van der Waals surface area contributed by atoms with Gasteiger partial charge in [-0.15, -0.1) is 0 Å². The molecule has 2 rings (SSSR count). The van der Waals surface area contributed by atoms with Crippen LogP contribution < -0.4 is 0 Å². The molecule has 2 heteroatoms. The van der Waals surface area contributed by atoms with Crippen molar-refractivity contribution in [2.75, 3.05) is 0 Å². The molecule has 0 atom stereocenters. The molecule has 0 aromatic heterocycles. The van der Waals surface area contributed by atoms with Gasteiger partial charge in [-0.2, -0.15) is 0 Å². The van der Waals surface area contributed by atoms with Crippen LogP contribution in [0.4, 0.5) is 0 Å². The Hall–Kier alpha value is -1.96. The number of hydrogen-bond acceptors (Lipinski definition) is 2. The van der Waals surface area contributed by atoms with Crippen LogP contribution in [-0.2, 0) is 17.3 Å². The Balaban J connectivity index is 2.62. The molecule has 0 amide bonds. The molecule has 2 N–H and O–H groups in total. The highest BCUT2D eigenvalue weighted by Gasteiger charge is 2.24. The second-order valence-corrected chi connectivity index (χ2v) is 8.28. The summed E-state index contributed by atoms with van der Waals surface area (Å²) in [6.07, 6.45) is 0.526. The van der Waals surface area contributed by atoms with E-state index < -0.39 is 0 Å². The molecule has 0 heterocycles. The Morgan fingerprint density at radius 1 is 0.652 bits per heavy atom. The first-order chi connectivity index (χ1) is 10.5. The van der Waals surface area contributed by atoms with Crippen molar-refractivity contribution >= 4 is 0 Å². The van der Waals surface area contributed by atoms with Crippen molar-refractivity contribution < 1.29 is 10.2 Å². The van der Waals surface area contributed by atoms with E-state index in [-0.39, 0.29) is 10.8 Å². The number of phenolic OH excluding ortho intramolecular Hbond substituents is 2. The van der Waals surface area contributed by atoms with E-state index in [1.54, 1.807) is 12.1 Å². The third-order valence-corrected chi connectivity index (χ3v) is 4.27. The fourth-order valence-electron chi connectivity index (χ4n) is 3.10. The van der Waals surface area contributed by atoms with Gasteiger partial charge in [0.1, 0.15) is 11.5 Å². The van der Waals surface area contributed by atoms with Crippen molar-refractivity contribution in [2.45, 2.75) is 58.8 Å². The smallest absolute Gasteiger partial charge is 0.119 e. The second-order valence-electron chi connectivity index (χ2n) is 8.28. The zero-order valence-electron chi connectivity index (χ0n) is 15.1. The van der Waals surface area contributed by atoms with Crippen molar-refractivity contribution in [1.29, 1.82) is 0 Å². The number of aromatic hydroxyl groups is 2. The second kappa shape index (κ2) is 5.92. The maximum atomic E-state index is 10.4. The fourth-order valence-corrected chi connectivity index (χ4v) is 3.10. The van der Waals surface area contributed by atoms with Gasteiger partial charge in [-0.1, -0.05) is 65.8 Å².